The monoisotopic (exact) mass is 451 g/mol. The molecule has 0 unspecified atom stereocenters. The van der Waals surface area contributed by atoms with Gasteiger partial charge in [-0.25, -0.2) is 18.1 Å². The molecule has 2 fully saturated rings. The van der Waals surface area contributed by atoms with Crippen LogP contribution in [0, 0.1) is 12.8 Å². The first kappa shape index (κ1) is 24.2. The lowest BCUT2D eigenvalue weighted by atomic mass is 9.87. The van der Waals surface area contributed by atoms with Gasteiger partial charge in [-0.3, -0.25) is 9.80 Å². The molecule has 0 spiro atoms. The SMILES string of the molecule is CCC(CC)(OC)[C@@H]1CCCN1N1CC[C@H](CCNS(=O)(=O)c2ccc(C)cc2)C1=O. The second kappa shape index (κ2) is 9.98. The molecule has 2 aliphatic rings. The third-order valence-electron chi connectivity index (χ3n) is 7.15. The van der Waals surface area contributed by atoms with Gasteiger partial charge in [0, 0.05) is 32.7 Å². The van der Waals surface area contributed by atoms with Gasteiger partial charge in [0.25, 0.3) is 0 Å². The van der Waals surface area contributed by atoms with Crippen molar-refractivity contribution in [2.45, 2.75) is 75.8 Å². The lowest BCUT2D eigenvalue weighted by molar-refractivity contribution is -0.162. The first-order chi connectivity index (χ1) is 14.8. The van der Waals surface area contributed by atoms with Gasteiger partial charge in [0.1, 0.15) is 0 Å². The Morgan fingerprint density at radius 3 is 2.42 bits per heavy atom. The van der Waals surface area contributed by atoms with Crippen molar-refractivity contribution in [2.75, 3.05) is 26.7 Å². The standard InChI is InChI=1S/C23H37N3O4S/c1-5-23(6-2,30-4)21-8-7-16-25(21)26-17-14-19(22(26)27)13-15-24-31(28,29)20-11-9-18(3)10-12-20/h9-12,19,21,24H,5-8,13-17H2,1-4H3/t19-,21-/m0/s1. The Labute approximate surface area is 187 Å². The van der Waals surface area contributed by atoms with E-state index in [1.807, 2.05) is 11.9 Å². The van der Waals surface area contributed by atoms with Crippen LogP contribution in [0.2, 0.25) is 0 Å². The second-order valence-electron chi connectivity index (χ2n) is 8.74. The average molecular weight is 452 g/mol. The fraction of sp³-hybridized carbons (Fsp3) is 0.696. The molecule has 0 bridgehead atoms. The highest BCUT2D eigenvalue weighted by Crippen LogP contribution is 2.37. The van der Waals surface area contributed by atoms with Gasteiger partial charge in [0.15, 0.2) is 0 Å². The lowest BCUT2D eigenvalue weighted by Gasteiger charge is -2.44. The topological polar surface area (TPSA) is 79.0 Å². The van der Waals surface area contributed by atoms with Crippen LogP contribution in [0.5, 0.6) is 0 Å². The number of aryl methyl sites for hydroxylation is 1. The van der Waals surface area contributed by atoms with Crippen LogP contribution in [-0.4, -0.2) is 62.7 Å². The number of hydrazine groups is 1. The number of hydrogen-bond donors (Lipinski definition) is 1. The van der Waals surface area contributed by atoms with Crippen LogP contribution in [-0.2, 0) is 19.6 Å². The summed E-state index contributed by atoms with van der Waals surface area (Å²) in [5.41, 5.74) is 0.776. The normalized spacial score (nSPS) is 23.1. The second-order valence-corrected chi connectivity index (χ2v) is 10.5. The number of nitrogens with zero attached hydrogens (tertiary/aromatic N) is 2. The highest BCUT2D eigenvalue weighted by molar-refractivity contribution is 7.89. The third kappa shape index (κ3) is 4.97. The molecule has 8 heteroatoms. The van der Waals surface area contributed by atoms with E-state index in [9.17, 15) is 13.2 Å². The highest BCUT2D eigenvalue weighted by atomic mass is 32.2. The van der Waals surface area contributed by atoms with Gasteiger partial charge < -0.3 is 4.74 Å². The van der Waals surface area contributed by atoms with Crippen molar-refractivity contribution in [3.05, 3.63) is 29.8 Å². The van der Waals surface area contributed by atoms with E-state index >= 15 is 0 Å². The molecule has 0 saturated carbocycles. The van der Waals surface area contributed by atoms with Gasteiger partial charge in [-0.15, -0.1) is 0 Å². The molecule has 2 atom stereocenters. The van der Waals surface area contributed by atoms with E-state index in [1.165, 1.54) is 0 Å². The van der Waals surface area contributed by atoms with E-state index in [1.54, 1.807) is 31.4 Å². The molecule has 1 N–H and O–H groups in total. The number of nitrogens with one attached hydrogen (secondary N) is 1. The fourth-order valence-electron chi connectivity index (χ4n) is 5.13. The number of methoxy groups -OCH3 is 1. The van der Waals surface area contributed by atoms with Crippen molar-refractivity contribution in [3.8, 4) is 0 Å². The number of carbonyl (C=O) groups is 1. The highest BCUT2D eigenvalue weighted by Gasteiger charge is 2.47. The van der Waals surface area contributed by atoms with Crippen molar-refractivity contribution in [2.24, 2.45) is 5.92 Å². The molecule has 3 rings (SSSR count). The number of amides is 1. The van der Waals surface area contributed by atoms with E-state index in [0.717, 1.165) is 44.2 Å². The molecular formula is C23H37N3O4S. The van der Waals surface area contributed by atoms with E-state index in [0.29, 0.717) is 13.0 Å². The minimum absolute atomic E-state index is 0.110. The summed E-state index contributed by atoms with van der Waals surface area (Å²) in [4.78, 5) is 13.4. The van der Waals surface area contributed by atoms with Crippen LogP contribution in [0.15, 0.2) is 29.2 Å². The molecule has 31 heavy (non-hydrogen) atoms. The van der Waals surface area contributed by atoms with Crippen molar-refractivity contribution in [1.29, 1.82) is 0 Å². The molecule has 1 amide bonds. The van der Waals surface area contributed by atoms with Crippen LogP contribution in [0.3, 0.4) is 0 Å². The molecule has 0 aliphatic carbocycles. The number of ether oxygens (including phenoxy) is 1. The summed E-state index contributed by atoms with van der Waals surface area (Å²) in [6.45, 7) is 8.04. The smallest absolute Gasteiger partial charge is 0.240 e. The molecule has 2 saturated heterocycles. The molecule has 2 heterocycles. The Morgan fingerprint density at radius 1 is 1.13 bits per heavy atom. The van der Waals surface area contributed by atoms with Crippen molar-refractivity contribution < 1.29 is 17.9 Å². The zero-order chi connectivity index (χ0) is 22.6. The van der Waals surface area contributed by atoms with Gasteiger partial charge in [-0.1, -0.05) is 31.5 Å². The van der Waals surface area contributed by atoms with Gasteiger partial charge in [0.2, 0.25) is 15.9 Å². The summed E-state index contributed by atoms with van der Waals surface area (Å²) in [5, 5.41) is 4.14. The van der Waals surface area contributed by atoms with Gasteiger partial charge >= 0.3 is 0 Å². The maximum atomic E-state index is 13.2. The van der Waals surface area contributed by atoms with E-state index in [4.69, 9.17) is 4.74 Å². The quantitative estimate of drug-likeness (QED) is 0.591. The van der Waals surface area contributed by atoms with Crippen LogP contribution in [0.25, 0.3) is 0 Å². The molecule has 1 aromatic rings. The Bertz CT molecular complexity index is 844. The average Bonchev–Trinajstić information content (AvgIpc) is 3.37. The fourth-order valence-corrected chi connectivity index (χ4v) is 6.18. The summed E-state index contributed by atoms with van der Waals surface area (Å²) >= 11 is 0. The molecule has 7 nitrogen and oxygen atoms in total. The van der Waals surface area contributed by atoms with E-state index < -0.39 is 10.0 Å². The van der Waals surface area contributed by atoms with Crippen molar-refractivity contribution in [1.82, 2.24) is 14.7 Å². The van der Waals surface area contributed by atoms with E-state index in [-0.39, 0.29) is 34.9 Å². The Morgan fingerprint density at radius 2 is 1.81 bits per heavy atom. The number of rotatable bonds is 10. The first-order valence-corrected chi connectivity index (χ1v) is 13.0. The predicted molar refractivity (Wildman–Crippen MR) is 121 cm³/mol. The van der Waals surface area contributed by atoms with Crippen LogP contribution in [0.4, 0.5) is 0 Å². The molecule has 174 valence electrons. The largest absolute Gasteiger partial charge is 0.377 e. The van der Waals surface area contributed by atoms with Crippen molar-refractivity contribution >= 4 is 15.9 Å². The zero-order valence-corrected chi connectivity index (χ0v) is 20.1. The Kier molecular flexibility index (Phi) is 7.78. The molecule has 2 aliphatic heterocycles. The first-order valence-electron chi connectivity index (χ1n) is 11.5. The summed E-state index contributed by atoms with van der Waals surface area (Å²) in [5.74, 6) is -0.0409. The molecule has 0 radical (unpaired) electrons. The lowest BCUT2D eigenvalue weighted by Crippen LogP contribution is -2.57. The number of benzene rings is 1. The minimum atomic E-state index is -3.56. The number of hydrogen-bond acceptors (Lipinski definition) is 5. The summed E-state index contributed by atoms with van der Waals surface area (Å²) < 4.78 is 33.6. The zero-order valence-electron chi connectivity index (χ0n) is 19.3. The molecule has 1 aromatic carbocycles. The number of sulfonamides is 1. The summed E-state index contributed by atoms with van der Waals surface area (Å²) in [6.07, 6.45) is 5.17. The van der Waals surface area contributed by atoms with Gasteiger partial charge in [-0.05, 0) is 57.6 Å². The summed E-state index contributed by atoms with van der Waals surface area (Å²) in [6, 6.07) is 6.99. The molecule has 0 aromatic heterocycles. The summed E-state index contributed by atoms with van der Waals surface area (Å²) in [7, 11) is -1.78. The van der Waals surface area contributed by atoms with Gasteiger partial charge in [0.05, 0.1) is 16.5 Å². The Balaban J connectivity index is 1.59. The van der Waals surface area contributed by atoms with Crippen LogP contribution < -0.4 is 4.72 Å². The molecular weight excluding hydrogens is 414 g/mol. The maximum Gasteiger partial charge on any atom is 0.240 e. The maximum absolute atomic E-state index is 13.2. The minimum Gasteiger partial charge on any atom is -0.377 e. The third-order valence-corrected chi connectivity index (χ3v) is 8.63. The Hall–Kier alpha value is -1.48. The van der Waals surface area contributed by atoms with Crippen LogP contribution in [0.1, 0.15) is 57.9 Å². The number of carbonyl (C=O) groups excluding carboxylic acids is 1. The van der Waals surface area contributed by atoms with Crippen molar-refractivity contribution in [3.63, 3.8) is 0 Å². The van der Waals surface area contributed by atoms with E-state index in [2.05, 4.69) is 23.6 Å². The van der Waals surface area contributed by atoms with Gasteiger partial charge in [-0.2, -0.15) is 0 Å². The van der Waals surface area contributed by atoms with Crippen LogP contribution >= 0.6 is 0 Å². The predicted octanol–water partition coefficient (Wildman–Crippen LogP) is 3.10.